The summed E-state index contributed by atoms with van der Waals surface area (Å²) in [7, 11) is 0. The lowest BCUT2D eigenvalue weighted by Gasteiger charge is -2.33. The molecule has 6 heteroatoms. The zero-order valence-electron chi connectivity index (χ0n) is 12.3. The van der Waals surface area contributed by atoms with Gasteiger partial charge in [-0.05, 0) is 25.8 Å². The van der Waals surface area contributed by atoms with Gasteiger partial charge in [0.05, 0.1) is 12.5 Å². The highest BCUT2D eigenvalue weighted by Gasteiger charge is 2.35. The van der Waals surface area contributed by atoms with Gasteiger partial charge in [0, 0.05) is 18.6 Å². The average molecular weight is 280 g/mol. The van der Waals surface area contributed by atoms with Gasteiger partial charge in [-0.15, -0.1) is 0 Å². The molecular formula is C14H24N4O2. The van der Waals surface area contributed by atoms with Crippen molar-refractivity contribution in [3.63, 3.8) is 0 Å². The van der Waals surface area contributed by atoms with Crippen molar-refractivity contribution in [2.45, 2.75) is 57.2 Å². The van der Waals surface area contributed by atoms with Crippen LogP contribution in [0.2, 0.25) is 0 Å². The Balaban J connectivity index is 1.67. The molecule has 2 fully saturated rings. The zero-order valence-corrected chi connectivity index (χ0v) is 12.3. The smallest absolute Gasteiger partial charge is 0.231 e. The molecule has 0 aliphatic carbocycles. The minimum atomic E-state index is -0.0631. The molecule has 3 rings (SSSR count). The Morgan fingerprint density at radius 2 is 2.35 bits per heavy atom. The van der Waals surface area contributed by atoms with E-state index < -0.39 is 0 Å². The third-order valence-corrected chi connectivity index (χ3v) is 4.64. The lowest BCUT2D eigenvalue weighted by molar-refractivity contribution is -0.0548. The molecule has 2 saturated heterocycles. The molecule has 0 bridgehead atoms. The van der Waals surface area contributed by atoms with Gasteiger partial charge in [0.25, 0.3) is 0 Å². The van der Waals surface area contributed by atoms with Gasteiger partial charge in [-0.2, -0.15) is 4.98 Å². The van der Waals surface area contributed by atoms with Crippen LogP contribution in [0.3, 0.4) is 0 Å². The monoisotopic (exact) mass is 280 g/mol. The van der Waals surface area contributed by atoms with Crippen LogP contribution >= 0.6 is 0 Å². The van der Waals surface area contributed by atoms with E-state index in [1.54, 1.807) is 0 Å². The molecule has 3 heterocycles. The number of hydrogen-bond acceptors (Lipinski definition) is 6. The maximum atomic E-state index is 6.04. The molecular weight excluding hydrogens is 256 g/mol. The highest BCUT2D eigenvalue weighted by atomic mass is 16.5. The first-order chi connectivity index (χ1) is 9.69. The number of hydrogen-bond donors (Lipinski definition) is 1. The van der Waals surface area contributed by atoms with E-state index in [2.05, 4.69) is 22.0 Å². The summed E-state index contributed by atoms with van der Waals surface area (Å²) in [4.78, 5) is 6.99. The van der Waals surface area contributed by atoms with Gasteiger partial charge in [-0.1, -0.05) is 19.0 Å². The van der Waals surface area contributed by atoms with Crippen LogP contribution in [0, 0.1) is 0 Å². The highest BCUT2D eigenvalue weighted by molar-refractivity contribution is 5.01. The summed E-state index contributed by atoms with van der Waals surface area (Å²) < 4.78 is 11.3. The summed E-state index contributed by atoms with van der Waals surface area (Å²) in [6.07, 6.45) is 3.34. The Morgan fingerprint density at radius 1 is 1.50 bits per heavy atom. The van der Waals surface area contributed by atoms with Gasteiger partial charge in [0.1, 0.15) is 6.10 Å². The quantitative estimate of drug-likeness (QED) is 0.899. The second-order valence-electron chi connectivity index (χ2n) is 5.96. The zero-order chi connectivity index (χ0) is 14.1. The summed E-state index contributed by atoms with van der Waals surface area (Å²) in [5.41, 5.74) is 6.04. The largest absolute Gasteiger partial charge is 0.367 e. The molecule has 0 spiro atoms. The number of morpholine rings is 1. The molecule has 20 heavy (non-hydrogen) atoms. The van der Waals surface area contributed by atoms with Crippen LogP contribution in [0.15, 0.2) is 4.52 Å². The summed E-state index contributed by atoms with van der Waals surface area (Å²) in [6, 6.07) is 0.642. The molecule has 1 aromatic rings. The molecule has 2 aliphatic heterocycles. The highest BCUT2D eigenvalue weighted by Crippen LogP contribution is 2.29. The Hall–Kier alpha value is -0.980. The van der Waals surface area contributed by atoms with E-state index in [0.717, 1.165) is 26.1 Å². The fourth-order valence-corrected chi connectivity index (χ4v) is 3.07. The van der Waals surface area contributed by atoms with Crippen LogP contribution in [0.4, 0.5) is 0 Å². The third kappa shape index (κ3) is 2.60. The second-order valence-corrected chi connectivity index (χ2v) is 5.96. The fraction of sp³-hybridized carbons (Fsp3) is 0.857. The molecule has 0 amide bonds. The minimum Gasteiger partial charge on any atom is -0.367 e. The molecule has 0 radical (unpaired) electrons. The topological polar surface area (TPSA) is 77.4 Å². The van der Waals surface area contributed by atoms with Crippen molar-refractivity contribution < 1.29 is 9.26 Å². The first-order valence-electron chi connectivity index (χ1n) is 7.63. The van der Waals surface area contributed by atoms with Crippen molar-refractivity contribution in [3.05, 3.63) is 11.7 Å². The molecule has 112 valence electrons. The third-order valence-electron chi connectivity index (χ3n) is 4.64. The maximum Gasteiger partial charge on any atom is 0.231 e. The van der Waals surface area contributed by atoms with Gasteiger partial charge in [0.2, 0.25) is 11.7 Å². The number of aromatic nitrogens is 2. The normalized spacial score (nSPS) is 30.1. The van der Waals surface area contributed by atoms with E-state index in [-0.39, 0.29) is 18.1 Å². The Morgan fingerprint density at radius 3 is 3.15 bits per heavy atom. The predicted octanol–water partition coefficient (Wildman–Crippen LogP) is 1.45. The van der Waals surface area contributed by atoms with Crippen molar-refractivity contribution >= 4 is 0 Å². The van der Waals surface area contributed by atoms with Crippen LogP contribution in [-0.2, 0) is 4.74 Å². The van der Waals surface area contributed by atoms with Crippen molar-refractivity contribution in [2.24, 2.45) is 5.73 Å². The maximum absolute atomic E-state index is 6.04. The molecule has 4 atom stereocenters. The van der Waals surface area contributed by atoms with Crippen molar-refractivity contribution in [3.8, 4) is 0 Å². The van der Waals surface area contributed by atoms with E-state index >= 15 is 0 Å². The first-order valence-corrected chi connectivity index (χ1v) is 7.63. The Labute approximate surface area is 119 Å². The van der Waals surface area contributed by atoms with Gasteiger partial charge < -0.3 is 15.0 Å². The van der Waals surface area contributed by atoms with Crippen LogP contribution in [0.5, 0.6) is 0 Å². The van der Waals surface area contributed by atoms with E-state index in [0.29, 0.717) is 17.8 Å². The van der Waals surface area contributed by atoms with E-state index in [1.165, 1.54) is 12.8 Å². The number of fused-ring (bicyclic) bond motifs is 1. The summed E-state index contributed by atoms with van der Waals surface area (Å²) >= 11 is 0. The van der Waals surface area contributed by atoms with Gasteiger partial charge >= 0.3 is 0 Å². The standard InChI is InChI=1S/C14H24N4O2/c1-3-11(15)9(2)14-16-13(17-20-14)12-7-18-6-4-5-10(18)8-19-12/h9-12H,3-8,15H2,1-2H3. The van der Waals surface area contributed by atoms with Crippen LogP contribution in [0.25, 0.3) is 0 Å². The van der Waals surface area contributed by atoms with E-state index in [4.69, 9.17) is 15.0 Å². The number of nitrogens with two attached hydrogens (primary N) is 1. The van der Waals surface area contributed by atoms with Crippen molar-refractivity contribution in [2.75, 3.05) is 19.7 Å². The molecule has 4 unspecified atom stereocenters. The summed E-state index contributed by atoms with van der Waals surface area (Å²) in [5, 5.41) is 4.10. The average Bonchev–Trinajstić information content (AvgIpc) is 3.13. The number of rotatable bonds is 4. The molecule has 1 aromatic heterocycles. The van der Waals surface area contributed by atoms with Crippen molar-refractivity contribution in [1.29, 1.82) is 0 Å². The Bertz CT molecular complexity index is 450. The molecule has 6 nitrogen and oxygen atoms in total. The Kier molecular flexibility index (Phi) is 4.05. The van der Waals surface area contributed by atoms with Crippen LogP contribution in [-0.4, -0.2) is 46.8 Å². The fourth-order valence-electron chi connectivity index (χ4n) is 3.07. The van der Waals surface area contributed by atoms with E-state index in [1.807, 2.05) is 6.92 Å². The van der Waals surface area contributed by atoms with Gasteiger partial charge in [0.15, 0.2) is 0 Å². The number of nitrogens with zero attached hydrogens (tertiary/aromatic N) is 3. The SMILES string of the molecule is CCC(N)C(C)c1nc(C2CN3CCCC3CO2)no1. The minimum absolute atomic E-state index is 0.0542. The predicted molar refractivity (Wildman–Crippen MR) is 74.3 cm³/mol. The van der Waals surface area contributed by atoms with E-state index in [9.17, 15) is 0 Å². The molecule has 2 aliphatic rings. The van der Waals surface area contributed by atoms with Crippen molar-refractivity contribution in [1.82, 2.24) is 15.0 Å². The summed E-state index contributed by atoms with van der Waals surface area (Å²) in [5.74, 6) is 1.38. The summed E-state index contributed by atoms with van der Waals surface area (Å²) in [6.45, 7) is 6.91. The lowest BCUT2D eigenvalue weighted by atomic mass is 10.0. The van der Waals surface area contributed by atoms with Crippen LogP contribution < -0.4 is 5.73 Å². The van der Waals surface area contributed by atoms with Crippen LogP contribution in [0.1, 0.15) is 56.8 Å². The molecule has 2 N–H and O–H groups in total. The number of ether oxygens (including phenoxy) is 1. The second kappa shape index (κ2) is 5.79. The van der Waals surface area contributed by atoms with Gasteiger partial charge in [-0.3, -0.25) is 4.90 Å². The first kappa shape index (κ1) is 14.0. The molecule has 0 saturated carbocycles. The lowest BCUT2D eigenvalue weighted by Crippen LogP contribution is -2.42. The molecule has 0 aromatic carbocycles. The van der Waals surface area contributed by atoms with Gasteiger partial charge in [-0.25, -0.2) is 0 Å².